The van der Waals surface area contributed by atoms with E-state index in [0.717, 1.165) is 24.0 Å². The fraction of sp³-hybridized carbons (Fsp3) is 0.609. The zero-order valence-corrected chi connectivity index (χ0v) is 17.6. The highest BCUT2D eigenvalue weighted by Gasteiger charge is 2.54. The Morgan fingerprint density at radius 3 is 2.62 bits per heavy atom. The molecule has 0 spiro atoms. The minimum Gasteiger partial charge on any atom is -0.452 e. The Morgan fingerprint density at radius 2 is 1.90 bits per heavy atom. The van der Waals surface area contributed by atoms with Crippen LogP contribution in [-0.2, 0) is 20.7 Å². The second-order valence-corrected chi connectivity index (χ2v) is 9.53. The maximum atomic E-state index is 13.0. The van der Waals surface area contributed by atoms with Crippen molar-refractivity contribution in [1.82, 2.24) is 4.90 Å². The van der Waals surface area contributed by atoms with Crippen LogP contribution in [0.2, 0.25) is 0 Å². The number of Topliss-reactive ketones (excluding diaryl/α,β-unsaturated/α-hetero) is 1. The van der Waals surface area contributed by atoms with Crippen molar-refractivity contribution in [1.29, 1.82) is 0 Å². The number of nitrogens with zero attached hydrogens (tertiary/aromatic N) is 1. The van der Waals surface area contributed by atoms with E-state index in [-0.39, 0.29) is 11.8 Å². The van der Waals surface area contributed by atoms with Gasteiger partial charge in [0, 0.05) is 11.6 Å². The summed E-state index contributed by atoms with van der Waals surface area (Å²) in [5.74, 6) is -0.198. The molecule has 6 heteroatoms. The van der Waals surface area contributed by atoms with Crippen LogP contribution in [0.25, 0.3) is 0 Å². The summed E-state index contributed by atoms with van der Waals surface area (Å²) in [6.45, 7) is 7.43. The maximum Gasteiger partial charge on any atom is 0.411 e. The summed E-state index contributed by atoms with van der Waals surface area (Å²) in [4.78, 5) is 40.1. The van der Waals surface area contributed by atoms with Crippen LogP contribution in [0.4, 0.5) is 4.79 Å². The van der Waals surface area contributed by atoms with Gasteiger partial charge in [-0.3, -0.25) is 9.69 Å². The first kappa shape index (κ1) is 19.9. The molecule has 29 heavy (non-hydrogen) atoms. The van der Waals surface area contributed by atoms with Gasteiger partial charge >= 0.3 is 12.1 Å². The fourth-order valence-corrected chi connectivity index (χ4v) is 4.53. The number of amides is 1. The highest BCUT2D eigenvalue weighted by Crippen LogP contribution is 2.46. The number of hydrogen-bond donors (Lipinski definition) is 0. The second-order valence-electron chi connectivity index (χ2n) is 9.53. The molecule has 1 heterocycles. The zero-order valence-electron chi connectivity index (χ0n) is 17.6. The third kappa shape index (κ3) is 4.02. The van der Waals surface area contributed by atoms with E-state index in [4.69, 9.17) is 9.47 Å². The molecule has 2 aliphatic carbocycles. The smallest absolute Gasteiger partial charge is 0.411 e. The molecule has 6 nitrogen and oxygen atoms in total. The van der Waals surface area contributed by atoms with Crippen molar-refractivity contribution in [3.05, 3.63) is 34.9 Å². The molecular weight excluding hydrogens is 370 g/mol. The van der Waals surface area contributed by atoms with Crippen molar-refractivity contribution in [2.45, 2.75) is 83.6 Å². The van der Waals surface area contributed by atoms with E-state index in [1.54, 1.807) is 4.90 Å². The van der Waals surface area contributed by atoms with Gasteiger partial charge in [0.2, 0.25) is 5.78 Å². The lowest BCUT2D eigenvalue weighted by molar-refractivity contribution is -0.155. The highest BCUT2D eigenvalue weighted by molar-refractivity contribution is 6.03. The molecule has 4 atom stereocenters. The molecule has 3 aliphatic rings. The van der Waals surface area contributed by atoms with Gasteiger partial charge in [0.15, 0.2) is 6.10 Å². The molecule has 1 saturated heterocycles. The van der Waals surface area contributed by atoms with Crippen molar-refractivity contribution in [3.8, 4) is 0 Å². The van der Waals surface area contributed by atoms with Gasteiger partial charge < -0.3 is 9.47 Å². The monoisotopic (exact) mass is 399 g/mol. The number of likely N-dealkylation sites (tertiary alicyclic amines) is 1. The molecule has 1 saturated carbocycles. The van der Waals surface area contributed by atoms with Crippen molar-refractivity contribution < 1.29 is 23.9 Å². The average Bonchev–Trinajstić information content (AvgIpc) is 3.41. The number of carbonyl (C=O) groups excluding carboxylic acids is 3. The van der Waals surface area contributed by atoms with Crippen molar-refractivity contribution in [3.63, 3.8) is 0 Å². The summed E-state index contributed by atoms with van der Waals surface area (Å²) >= 11 is 0. The number of ketones is 1. The third-order valence-corrected chi connectivity index (χ3v) is 6.02. The predicted molar refractivity (Wildman–Crippen MR) is 107 cm³/mol. The van der Waals surface area contributed by atoms with Crippen LogP contribution in [0.1, 0.15) is 67.9 Å². The summed E-state index contributed by atoms with van der Waals surface area (Å²) in [7, 11) is 0. The van der Waals surface area contributed by atoms with Crippen LogP contribution < -0.4 is 0 Å². The van der Waals surface area contributed by atoms with Crippen LogP contribution in [0.3, 0.4) is 0 Å². The Bertz CT molecular complexity index is 855. The minimum absolute atomic E-state index is 0.0434. The van der Waals surface area contributed by atoms with E-state index in [2.05, 4.69) is 0 Å². The van der Waals surface area contributed by atoms with Gasteiger partial charge in [0.25, 0.3) is 0 Å². The van der Waals surface area contributed by atoms with Crippen LogP contribution >= 0.6 is 0 Å². The van der Waals surface area contributed by atoms with Gasteiger partial charge in [-0.25, -0.2) is 9.59 Å². The quantitative estimate of drug-likeness (QED) is 0.707. The van der Waals surface area contributed by atoms with E-state index >= 15 is 0 Å². The lowest BCUT2D eigenvalue weighted by Crippen LogP contribution is -2.52. The second kappa shape index (κ2) is 7.15. The molecule has 4 rings (SSSR count). The van der Waals surface area contributed by atoms with Gasteiger partial charge in [-0.15, -0.1) is 0 Å². The maximum absolute atomic E-state index is 13.0. The molecule has 0 N–H and O–H groups in total. The molecule has 1 aromatic carbocycles. The highest BCUT2D eigenvalue weighted by atomic mass is 16.6. The summed E-state index contributed by atoms with van der Waals surface area (Å²) in [6.07, 6.45) is 2.27. The lowest BCUT2D eigenvalue weighted by Gasteiger charge is -2.36. The first-order valence-electron chi connectivity index (χ1n) is 10.5. The molecule has 1 aromatic rings. The zero-order chi connectivity index (χ0) is 20.9. The minimum atomic E-state index is -0.782. The Hall–Kier alpha value is -2.37. The van der Waals surface area contributed by atoms with Crippen molar-refractivity contribution >= 4 is 17.8 Å². The number of piperidine rings is 1. The number of carbonyl (C=O) groups is 3. The van der Waals surface area contributed by atoms with Gasteiger partial charge in [0.1, 0.15) is 11.6 Å². The van der Waals surface area contributed by atoms with Gasteiger partial charge in [-0.1, -0.05) is 23.8 Å². The van der Waals surface area contributed by atoms with Crippen molar-refractivity contribution in [2.75, 3.05) is 0 Å². The third-order valence-electron chi connectivity index (χ3n) is 6.02. The van der Waals surface area contributed by atoms with E-state index in [0.29, 0.717) is 30.7 Å². The van der Waals surface area contributed by atoms with Crippen LogP contribution in [0.5, 0.6) is 0 Å². The van der Waals surface area contributed by atoms with Gasteiger partial charge in [-0.2, -0.15) is 0 Å². The Morgan fingerprint density at radius 1 is 1.14 bits per heavy atom. The van der Waals surface area contributed by atoms with Crippen LogP contribution in [0.15, 0.2) is 18.2 Å². The summed E-state index contributed by atoms with van der Waals surface area (Å²) in [5.41, 5.74) is 2.13. The number of rotatable bonds is 2. The summed E-state index contributed by atoms with van der Waals surface area (Å²) in [6, 6.07) is 5.10. The van der Waals surface area contributed by atoms with Crippen LogP contribution in [0, 0.1) is 12.8 Å². The number of benzene rings is 1. The first-order chi connectivity index (χ1) is 13.6. The molecule has 0 aromatic heterocycles. The number of hydrogen-bond acceptors (Lipinski definition) is 5. The SMILES string of the molecule is Cc1ccc2c(c1)CCC(OC(=O)C1CCC3CC3N1C(=O)OC(C)(C)C)C2=O. The Kier molecular flexibility index (Phi) is 4.91. The van der Waals surface area contributed by atoms with Crippen molar-refractivity contribution in [2.24, 2.45) is 5.92 Å². The summed E-state index contributed by atoms with van der Waals surface area (Å²) in [5, 5.41) is 0. The predicted octanol–water partition coefficient (Wildman–Crippen LogP) is 3.82. The van der Waals surface area contributed by atoms with Crippen LogP contribution in [-0.4, -0.2) is 46.5 Å². The number of aryl methyl sites for hydroxylation is 2. The molecule has 156 valence electrons. The number of fused-ring (bicyclic) bond motifs is 2. The van der Waals surface area contributed by atoms with E-state index in [1.165, 1.54) is 0 Å². The topological polar surface area (TPSA) is 72.9 Å². The molecule has 1 amide bonds. The molecular formula is C23H29NO5. The number of ether oxygens (including phenoxy) is 2. The number of esters is 1. The normalized spacial score (nSPS) is 28.3. The molecule has 1 aliphatic heterocycles. The molecule has 4 unspecified atom stereocenters. The molecule has 0 radical (unpaired) electrons. The van der Waals surface area contributed by atoms with Gasteiger partial charge in [-0.05, 0) is 71.3 Å². The molecule has 0 bridgehead atoms. The lowest BCUT2D eigenvalue weighted by atomic mass is 9.87. The van der Waals surface area contributed by atoms with Gasteiger partial charge in [0.05, 0.1) is 0 Å². The fourth-order valence-electron chi connectivity index (χ4n) is 4.53. The summed E-state index contributed by atoms with van der Waals surface area (Å²) < 4.78 is 11.2. The standard InChI is InChI=1S/C23H29NO5/c1-13-5-8-16-14(11-13)7-10-19(20(16)25)28-21(26)17-9-6-15-12-18(15)24(17)22(27)29-23(2,3)4/h5,8,11,15,17-19H,6-7,9-10,12H2,1-4H3. The Labute approximate surface area is 171 Å². The van der Waals surface area contributed by atoms with E-state index in [9.17, 15) is 14.4 Å². The molecule has 2 fully saturated rings. The van der Waals surface area contributed by atoms with E-state index in [1.807, 2.05) is 45.9 Å². The average molecular weight is 399 g/mol. The largest absolute Gasteiger partial charge is 0.452 e. The first-order valence-corrected chi connectivity index (χ1v) is 10.5. The Balaban J connectivity index is 1.47. The van der Waals surface area contributed by atoms with E-state index < -0.39 is 29.8 Å².